The molecule has 0 fully saturated rings. The van der Waals surface area contributed by atoms with Crippen molar-refractivity contribution in [3.05, 3.63) is 0 Å². The first-order valence-corrected chi connectivity index (χ1v) is 22.1. The quantitative estimate of drug-likeness (QED) is 0.473. The van der Waals surface area contributed by atoms with Crippen molar-refractivity contribution in [1.29, 1.82) is 0 Å². The molecule has 146 valence electrons. The van der Waals surface area contributed by atoms with Gasteiger partial charge in [0.1, 0.15) is 0 Å². The third-order valence-corrected chi connectivity index (χ3v) is 17.6. The van der Waals surface area contributed by atoms with Crippen molar-refractivity contribution in [3.8, 4) is 0 Å². The summed E-state index contributed by atoms with van der Waals surface area (Å²) in [6.07, 6.45) is 0. The minimum atomic E-state index is -3.07. The van der Waals surface area contributed by atoms with Gasteiger partial charge in [0.2, 0.25) is 0 Å². The molecule has 0 radical (unpaired) electrons. The molecule has 0 aliphatic heterocycles. The number of hydrogen-bond donors (Lipinski definition) is 0. The molecule has 0 rings (SSSR count). The predicted molar refractivity (Wildman–Crippen MR) is 116 cm³/mol. The van der Waals surface area contributed by atoms with E-state index in [-0.39, 0.29) is 0 Å². The molecule has 0 unspecified atom stereocenters. The Hall–Kier alpha value is 0.884. The Morgan fingerprint density at radius 3 is 1.17 bits per heavy atom. The second-order valence-electron chi connectivity index (χ2n) is 8.14. The first-order chi connectivity index (χ1) is 10.7. The minimum absolute atomic E-state index is 0.419. The monoisotopic (exact) mass is 427 g/mol. The summed E-state index contributed by atoms with van der Waals surface area (Å²) in [5.41, 5.74) is 0. The molecule has 5 nitrogen and oxygen atoms in total. The zero-order valence-electron chi connectivity index (χ0n) is 18.0. The highest BCUT2D eigenvalue weighted by molar-refractivity contribution is 6.84. The number of hydrogen-bond acceptors (Lipinski definition) is 5. The van der Waals surface area contributed by atoms with Crippen molar-refractivity contribution < 1.29 is 16.5 Å². The van der Waals surface area contributed by atoms with Crippen LogP contribution in [-0.2, 0) is 16.5 Å². The van der Waals surface area contributed by atoms with Crippen LogP contribution in [0.3, 0.4) is 0 Å². The van der Waals surface area contributed by atoms with Crippen LogP contribution in [0.1, 0.15) is 27.7 Å². The Morgan fingerprint density at radius 2 is 0.958 bits per heavy atom. The summed E-state index contributed by atoms with van der Waals surface area (Å²) in [6, 6.07) is 0.838. The smallest absolute Gasteiger partial charge is 0.399 e. The van der Waals surface area contributed by atoms with Crippen molar-refractivity contribution in [1.82, 2.24) is 4.57 Å². The largest absolute Gasteiger partial charge is 0.637 e. The molecule has 0 bridgehead atoms. The number of rotatable bonds is 11. The van der Waals surface area contributed by atoms with E-state index in [4.69, 9.17) is 16.5 Å². The van der Waals surface area contributed by atoms with E-state index in [9.17, 15) is 0 Å². The minimum Gasteiger partial charge on any atom is -0.399 e. The molecule has 0 aromatic heterocycles. The van der Waals surface area contributed by atoms with Crippen LogP contribution in [0, 0.1) is 0 Å². The van der Waals surface area contributed by atoms with Crippen LogP contribution in [0.2, 0.25) is 52.4 Å². The molecule has 0 amide bonds. The highest BCUT2D eigenvalue weighted by Crippen LogP contribution is 2.27. The second-order valence-corrected chi connectivity index (χ2v) is 22.5. The van der Waals surface area contributed by atoms with Gasteiger partial charge in [0.05, 0.1) is 0 Å². The van der Waals surface area contributed by atoms with Gasteiger partial charge in [0.25, 0.3) is 8.48 Å². The molecule has 0 aromatic carbocycles. The Morgan fingerprint density at radius 1 is 0.667 bits per heavy atom. The average Bonchev–Trinajstić information content (AvgIpc) is 2.20. The lowest BCUT2D eigenvalue weighted by molar-refractivity contribution is 0.136. The second kappa shape index (κ2) is 10.3. The lowest BCUT2D eigenvalue weighted by atomic mass is 10.3. The zero-order chi connectivity index (χ0) is 19.3. The zero-order valence-corrected chi connectivity index (χ0v) is 23.4. The fourth-order valence-corrected chi connectivity index (χ4v) is 19.5. The van der Waals surface area contributed by atoms with E-state index in [1.807, 2.05) is 0 Å². The van der Waals surface area contributed by atoms with Gasteiger partial charge in [-0.1, -0.05) is 27.7 Å². The van der Waals surface area contributed by atoms with Gasteiger partial charge < -0.3 is 16.5 Å². The predicted octanol–water partition coefficient (Wildman–Crippen LogP) is 3.26. The lowest BCUT2D eigenvalue weighted by Crippen LogP contribution is -2.67. The van der Waals surface area contributed by atoms with Crippen molar-refractivity contribution >= 4 is 44.6 Å². The fourth-order valence-electron chi connectivity index (χ4n) is 3.22. The average molecular weight is 428 g/mol. The van der Waals surface area contributed by atoms with Gasteiger partial charge in [0, 0.05) is 0 Å². The molecule has 24 heavy (non-hydrogen) atoms. The summed E-state index contributed by atoms with van der Waals surface area (Å²) >= 11 is 0. The van der Waals surface area contributed by atoms with Crippen molar-refractivity contribution in [2.45, 2.75) is 92.2 Å². The standard InChI is InChI=1S/C14H41NO4Si5/c1-13(2)15(14(3)4)23(11,12)19-24(16-20(5)6,17-21(7)8)18-22(9)10/h13-14,20-22H,1-12H3. The highest BCUT2D eigenvalue weighted by atomic mass is 28.5. The highest BCUT2D eigenvalue weighted by Gasteiger charge is 2.53. The molecular weight excluding hydrogens is 387 g/mol. The molecule has 0 saturated heterocycles. The molecule has 0 aliphatic carbocycles. The van der Waals surface area contributed by atoms with E-state index >= 15 is 0 Å². The Labute approximate surface area is 157 Å². The van der Waals surface area contributed by atoms with Crippen LogP contribution < -0.4 is 0 Å². The van der Waals surface area contributed by atoms with Crippen LogP contribution >= 0.6 is 0 Å². The SMILES string of the molecule is CC(C)N(C(C)C)[Si](C)(C)O[Si](O[SiH](C)C)(O[SiH](C)C)O[SiH](C)C. The van der Waals surface area contributed by atoms with Gasteiger partial charge in [-0.2, -0.15) is 0 Å². The maximum absolute atomic E-state index is 6.78. The van der Waals surface area contributed by atoms with Gasteiger partial charge in [-0.3, -0.25) is 4.57 Å². The topological polar surface area (TPSA) is 40.2 Å². The molecule has 0 heterocycles. The van der Waals surface area contributed by atoms with Gasteiger partial charge in [-0.15, -0.1) is 0 Å². The summed E-state index contributed by atoms with van der Waals surface area (Å²) in [4.78, 5) is 0. The Kier molecular flexibility index (Phi) is 10.7. The van der Waals surface area contributed by atoms with Gasteiger partial charge in [0.15, 0.2) is 27.1 Å². The maximum Gasteiger partial charge on any atom is 0.637 e. The molecule has 0 atom stereocenters. The van der Waals surface area contributed by atoms with Gasteiger partial charge in [-0.25, -0.2) is 0 Å². The van der Waals surface area contributed by atoms with E-state index in [0.29, 0.717) is 12.1 Å². The van der Waals surface area contributed by atoms with E-state index < -0.39 is 44.6 Å². The third kappa shape index (κ3) is 8.51. The van der Waals surface area contributed by atoms with Crippen molar-refractivity contribution in [2.24, 2.45) is 0 Å². The van der Waals surface area contributed by atoms with E-state index in [1.165, 1.54) is 0 Å². The van der Waals surface area contributed by atoms with Crippen LogP contribution in [0.25, 0.3) is 0 Å². The van der Waals surface area contributed by atoms with Crippen molar-refractivity contribution in [2.75, 3.05) is 0 Å². The normalized spacial score (nSPS) is 14.2. The van der Waals surface area contributed by atoms with E-state index in [2.05, 4.69) is 84.6 Å². The molecule has 0 spiro atoms. The van der Waals surface area contributed by atoms with Crippen LogP contribution in [0.5, 0.6) is 0 Å². The maximum atomic E-state index is 6.78. The van der Waals surface area contributed by atoms with Crippen molar-refractivity contribution in [3.63, 3.8) is 0 Å². The summed E-state index contributed by atoms with van der Waals surface area (Å²) in [7, 11) is -9.32. The van der Waals surface area contributed by atoms with Gasteiger partial charge >= 0.3 is 9.05 Å². The molecule has 0 aromatic rings. The van der Waals surface area contributed by atoms with Gasteiger partial charge in [-0.05, 0) is 64.5 Å². The third-order valence-electron chi connectivity index (χ3n) is 3.25. The summed E-state index contributed by atoms with van der Waals surface area (Å²) in [6.45, 7) is 26.4. The Bertz CT molecular complexity index is 333. The fraction of sp³-hybridized carbons (Fsp3) is 1.00. The molecule has 0 N–H and O–H groups in total. The first-order valence-electron chi connectivity index (χ1n) is 9.24. The van der Waals surface area contributed by atoms with Crippen LogP contribution in [0.4, 0.5) is 0 Å². The molecule has 0 aliphatic rings. The summed E-state index contributed by atoms with van der Waals surface area (Å²) in [5.74, 6) is 0. The molecule has 10 heteroatoms. The number of nitrogens with zero attached hydrogens (tertiary/aromatic N) is 1. The van der Waals surface area contributed by atoms with Crippen LogP contribution in [0.15, 0.2) is 0 Å². The first kappa shape index (κ1) is 24.9. The summed E-state index contributed by atoms with van der Waals surface area (Å²) < 4.78 is 28.5. The molecule has 0 saturated carbocycles. The van der Waals surface area contributed by atoms with E-state index in [0.717, 1.165) is 0 Å². The Balaban J connectivity index is 5.76. The van der Waals surface area contributed by atoms with E-state index in [1.54, 1.807) is 0 Å². The lowest BCUT2D eigenvalue weighted by Gasteiger charge is -2.46. The summed E-state index contributed by atoms with van der Waals surface area (Å²) in [5, 5.41) is 0. The van der Waals surface area contributed by atoms with Crippen LogP contribution in [-0.4, -0.2) is 61.3 Å². The molecular formula is C14H41NO4Si5.